The molecule has 2 rings (SSSR count). The summed E-state index contributed by atoms with van der Waals surface area (Å²) in [4.78, 5) is 11.6. The molecule has 0 saturated carbocycles. The summed E-state index contributed by atoms with van der Waals surface area (Å²) in [7, 11) is 1.68. The minimum atomic E-state index is 0.0776. The highest BCUT2D eigenvalue weighted by Crippen LogP contribution is 2.12. The summed E-state index contributed by atoms with van der Waals surface area (Å²) in [6.07, 6.45) is 1.57. The van der Waals surface area contributed by atoms with Crippen molar-refractivity contribution in [2.24, 2.45) is 0 Å². The zero-order chi connectivity index (χ0) is 11.4. The second-order valence-corrected chi connectivity index (χ2v) is 3.17. The number of rotatable bonds is 4. The van der Waals surface area contributed by atoms with Crippen molar-refractivity contribution in [3.8, 4) is 6.01 Å². The average molecular weight is 241 g/mol. The Morgan fingerprint density at radius 3 is 3.00 bits per heavy atom. The zero-order valence-electron chi connectivity index (χ0n) is 8.48. The molecule has 16 heavy (non-hydrogen) atoms. The number of anilines is 1. The maximum atomic E-state index is 5.68. The number of furan rings is 1. The zero-order valence-corrected chi connectivity index (χ0v) is 9.23. The van der Waals surface area contributed by atoms with Crippen LogP contribution < -0.4 is 10.1 Å². The molecule has 7 heteroatoms. The Morgan fingerprint density at radius 2 is 2.31 bits per heavy atom. The highest BCUT2D eigenvalue weighted by Gasteiger charge is 2.05. The standard InChI is InChI=1S/C9H9ClN4O2/c1-11-8-12-7(10)13-9(14-8)16-5-6-3-2-4-15-6/h2-4H,5H2,1H3,(H,11,12,13,14). The van der Waals surface area contributed by atoms with Crippen LogP contribution in [0.5, 0.6) is 6.01 Å². The average Bonchev–Trinajstić information content (AvgIpc) is 2.78. The number of aromatic nitrogens is 3. The summed E-state index contributed by atoms with van der Waals surface area (Å²) in [5, 5.41) is 2.83. The molecule has 2 aromatic heterocycles. The third-order valence-electron chi connectivity index (χ3n) is 1.73. The van der Waals surface area contributed by atoms with E-state index in [0.717, 1.165) is 0 Å². The number of nitrogens with zero attached hydrogens (tertiary/aromatic N) is 3. The molecule has 0 amide bonds. The van der Waals surface area contributed by atoms with Gasteiger partial charge in [0.15, 0.2) is 0 Å². The van der Waals surface area contributed by atoms with Gasteiger partial charge < -0.3 is 14.5 Å². The van der Waals surface area contributed by atoms with Gasteiger partial charge >= 0.3 is 6.01 Å². The van der Waals surface area contributed by atoms with Crippen LogP contribution in [0.2, 0.25) is 5.28 Å². The lowest BCUT2D eigenvalue weighted by Crippen LogP contribution is -2.03. The van der Waals surface area contributed by atoms with E-state index < -0.39 is 0 Å². The molecule has 0 spiro atoms. The summed E-state index contributed by atoms with van der Waals surface area (Å²) in [6.45, 7) is 0.247. The van der Waals surface area contributed by atoms with Crippen molar-refractivity contribution in [2.45, 2.75) is 6.61 Å². The summed E-state index contributed by atoms with van der Waals surface area (Å²) in [5.74, 6) is 1.04. The SMILES string of the molecule is CNc1nc(Cl)nc(OCc2ccco2)n1. The van der Waals surface area contributed by atoms with Crippen molar-refractivity contribution in [1.82, 2.24) is 15.0 Å². The van der Waals surface area contributed by atoms with Crippen molar-refractivity contribution < 1.29 is 9.15 Å². The molecule has 0 aliphatic rings. The third-order valence-corrected chi connectivity index (χ3v) is 1.90. The van der Waals surface area contributed by atoms with Gasteiger partial charge in [0, 0.05) is 7.05 Å². The van der Waals surface area contributed by atoms with Gasteiger partial charge in [0.05, 0.1) is 6.26 Å². The number of halogens is 1. The Morgan fingerprint density at radius 1 is 1.44 bits per heavy atom. The van der Waals surface area contributed by atoms with Crippen LogP contribution in [0.1, 0.15) is 5.76 Å². The van der Waals surface area contributed by atoms with Gasteiger partial charge in [-0.05, 0) is 23.7 Å². The van der Waals surface area contributed by atoms with E-state index in [1.807, 2.05) is 0 Å². The quantitative estimate of drug-likeness (QED) is 0.878. The largest absolute Gasteiger partial charge is 0.466 e. The number of nitrogens with one attached hydrogen (secondary N) is 1. The molecule has 6 nitrogen and oxygen atoms in total. The molecule has 0 aliphatic heterocycles. The molecule has 0 saturated heterocycles. The van der Waals surface area contributed by atoms with Crippen LogP contribution in [-0.2, 0) is 6.61 Å². The molecule has 0 bridgehead atoms. The second-order valence-electron chi connectivity index (χ2n) is 2.83. The number of hydrogen-bond donors (Lipinski definition) is 1. The van der Waals surface area contributed by atoms with Crippen LogP contribution in [0.4, 0.5) is 5.95 Å². The van der Waals surface area contributed by atoms with E-state index in [2.05, 4.69) is 20.3 Å². The van der Waals surface area contributed by atoms with Crippen molar-refractivity contribution in [3.05, 3.63) is 29.4 Å². The molecular weight excluding hydrogens is 232 g/mol. The van der Waals surface area contributed by atoms with E-state index >= 15 is 0 Å². The van der Waals surface area contributed by atoms with Gasteiger partial charge in [-0.1, -0.05) is 0 Å². The minimum absolute atomic E-state index is 0.0776. The molecule has 1 N–H and O–H groups in total. The van der Waals surface area contributed by atoms with Crippen LogP contribution in [0.15, 0.2) is 22.8 Å². The van der Waals surface area contributed by atoms with Crippen molar-refractivity contribution >= 4 is 17.5 Å². The first-order chi connectivity index (χ1) is 7.78. The van der Waals surface area contributed by atoms with Gasteiger partial charge in [-0.25, -0.2) is 0 Å². The predicted octanol–water partition coefficient (Wildman–Crippen LogP) is 1.74. The predicted molar refractivity (Wildman–Crippen MR) is 57.4 cm³/mol. The smallest absolute Gasteiger partial charge is 0.323 e. The summed E-state index contributed by atoms with van der Waals surface area (Å²) >= 11 is 5.68. The first-order valence-corrected chi connectivity index (χ1v) is 4.90. The summed E-state index contributed by atoms with van der Waals surface area (Å²) in [5.41, 5.74) is 0. The Labute approximate surface area is 96.6 Å². The van der Waals surface area contributed by atoms with E-state index in [1.54, 1.807) is 25.4 Å². The normalized spacial score (nSPS) is 10.1. The Balaban J connectivity index is 2.06. The second kappa shape index (κ2) is 4.80. The Kier molecular flexibility index (Phi) is 3.21. The van der Waals surface area contributed by atoms with E-state index in [4.69, 9.17) is 20.8 Å². The fraction of sp³-hybridized carbons (Fsp3) is 0.222. The van der Waals surface area contributed by atoms with Crippen molar-refractivity contribution in [2.75, 3.05) is 12.4 Å². The molecule has 2 aromatic rings. The molecule has 0 unspecified atom stereocenters. The lowest BCUT2D eigenvalue weighted by molar-refractivity contribution is 0.249. The van der Waals surface area contributed by atoms with E-state index in [9.17, 15) is 0 Å². The highest BCUT2D eigenvalue weighted by atomic mass is 35.5. The van der Waals surface area contributed by atoms with Gasteiger partial charge in [0.25, 0.3) is 0 Å². The lowest BCUT2D eigenvalue weighted by Gasteiger charge is -2.04. The fourth-order valence-corrected chi connectivity index (χ4v) is 1.19. The molecule has 0 aromatic carbocycles. The van der Waals surface area contributed by atoms with Crippen LogP contribution in [0.3, 0.4) is 0 Å². The highest BCUT2D eigenvalue weighted by molar-refractivity contribution is 6.28. The van der Waals surface area contributed by atoms with Crippen molar-refractivity contribution in [3.63, 3.8) is 0 Å². The van der Waals surface area contributed by atoms with Crippen LogP contribution in [0, 0.1) is 0 Å². The van der Waals surface area contributed by atoms with Gasteiger partial charge in [-0.3, -0.25) is 0 Å². The molecule has 0 aliphatic carbocycles. The topological polar surface area (TPSA) is 73.1 Å². The molecule has 2 heterocycles. The van der Waals surface area contributed by atoms with E-state index in [1.165, 1.54) is 0 Å². The Bertz CT molecular complexity index is 461. The molecule has 0 atom stereocenters. The van der Waals surface area contributed by atoms with Gasteiger partial charge in [0.1, 0.15) is 12.4 Å². The maximum absolute atomic E-state index is 5.68. The van der Waals surface area contributed by atoms with Crippen LogP contribution in [0.25, 0.3) is 0 Å². The van der Waals surface area contributed by atoms with Crippen LogP contribution >= 0.6 is 11.6 Å². The third kappa shape index (κ3) is 2.60. The number of hydrogen-bond acceptors (Lipinski definition) is 6. The minimum Gasteiger partial charge on any atom is -0.466 e. The number of ether oxygens (including phenoxy) is 1. The van der Waals surface area contributed by atoms with Gasteiger partial charge in [-0.2, -0.15) is 15.0 Å². The molecule has 0 radical (unpaired) electrons. The fourth-order valence-electron chi connectivity index (χ4n) is 1.04. The molecule has 84 valence electrons. The Hall–Kier alpha value is -1.82. The van der Waals surface area contributed by atoms with Crippen molar-refractivity contribution in [1.29, 1.82) is 0 Å². The summed E-state index contributed by atoms with van der Waals surface area (Å²) < 4.78 is 10.4. The van der Waals surface area contributed by atoms with E-state index in [0.29, 0.717) is 11.7 Å². The van der Waals surface area contributed by atoms with Gasteiger partial charge in [-0.15, -0.1) is 0 Å². The lowest BCUT2D eigenvalue weighted by atomic mass is 10.5. The van der Waals surface area contributed by atoms with E-state index in [-0.39, 0.29) is 17.9 Å². The molecule has 0 fully saturated rings. The van der Waals surface area contributed by atoms with Crippen LogP contribution in [-0.4, -0.2) is 22.0 Å². The maximum Gasteiger partial charge on any atom is 0.323 e. The first-order valence-electron chi connectivity index (χ1n) is 4.52. The first kappa shape index (κ1) is 10.7. The summed E-state index contributed by atoms with van der Waals surface area (Å²) in [6, 6.07) is 3.72. The monoisotopic (exact) mass is 240 g/mol. The molecular formula is C9H9ClN4O2. The van der Waals surface area contributed by atoms with Gasteiger partial charge in [0.2, 0.25) is 11.2 Å².